The maximum atomic E-state index is 13.1. The summed E-state index contributed by atoms with van der Waals surface area (Å²) in [6.45, 7) is 4.26. The quantitative estimate of drug-likeness (QED) is 0.605. The molecule has 0 atom stereocenters. The number of pyridine rings is 1. The molecule has 0 bridgehead atoms. The Morgan fingerprint density at radius 1 is 0.773 bits per heavy atom. The predicted molar refractivity (Wildman–Crippen MR) is 89.2 cm³/mol. The molecular weight excluding hydrogens is 273 g/mol. The van der Waals surface area contributed by atoms with Gasteiger partial charge < -0.3 is 0 Å². The normalized spacial score (nSPS) is 10.9. The summed E-state index contributed by atoms with van der Waals surface area (Å²) in [7, 11) is 0. The van der Waals surface area contributed by atoms with Crippen LogP contribution in [0.15, 0.2) is 66.7 Å². The van der Waals surface area contributed by atoms with Crippen molar-refractivity contribution in [2.45, 2.75) is 19.8 Å². The lowest BCUT2D eigenvalue weighted by Gasteiger charge is -2.14. The maximum Gasteiger partial charge on any atom is 0.123 e. The van der Waals surface area contributed by atoms with E-state index >= 15 is 0 Å². The summed E-state index contributed by atoms with van der Waals surface area (Å²) in [5.41, 5.74) is 5.17. The first-order valence-electron chi connectivity index (χ1n) is 7.47. The molecule has 3 aromatic rings. The fourth-order valence-electron chi connectivity index (χ4n) is 2.56. The molecule has 0 saturated heterocycles. The highest BCUT2D eigenvalue weighted by molar-refractivity contribution is 5.70. The minimum Gasteiger partial charge on any atom is -0.252 e. The third-order valence-electron chi connectivity index (χ3n) is 3.70. The number of rotatable bonds is 3. The van der Waals surface area contributed by atoms with Crippen LogP contribution in [-0.2, 0) is 0 Å². The van der Waals surface area contributed by atoms with E-state index in [1.165, 1.54) is 12.1 Å². The standard InChI is InChI=1S/C20H18FN/c1-14(2)20-18(15-8-10-17(21)11-9-15)12-13-19(22-20)16-6-4-3-5-7-16/h3-14H,1-2H3. The van der Waals surface area contributed by atoms with Gasteiger partial charge >= 0.3 is 0 Å². The van der Waals surface area contributed by atoms with E-state index in [-0.39, 0.29) is 5.82 Å². The van der Waals surface area contributed by atoms with E-state index in [1.54, 1.807) is 12.1 Å². The fraction of sp³-hybridized carbons (Fsp3) is 0.150. The maximum absolute atomic E-state index is 13.1. The van der Waals surface area contributed by atoms with Crippen molar-refractivity contribution < 1.29 is 4.39 Å². The highest BCUT2D eigenvalue weighted by Crippen LogP contribution is 2.30. The first-order valence-corrected chi connectivity index (χ1v) is 7.47. The lowest BCUT2D eigenvalue weighted by Crippen LogP contribution is -1.98. The Kier molecular flexibility index (Phi) is 4.01. The smallest absolute Gasteiger partial charge is 0.123 e. The Labute approximate surface area is 130 Å². The molecule has 0 aliphatic rings. The van der Waals surface area contributed by atoms with E-state index in [0.717, 1.165) is 28.1 Å². The first kappa shape index (κ1) is 14.5. The van der Waals surface area contributed by atoms with Crippen LogP contribution in [0.1, 0.15) is 25.5 Å². The largest absolute Gasteiger partial charge is 0.252 e. The van der Waals surface area contributed by atoms with Crippen molar-refractivity contribution in [3.63, 3.8) is 0 Å². The van der Waals surface area contributed by atoms with Crippen LogP contribution in [0.3, 0.4) is 0 Å². The molecule has 0 amide bonds. The average molecular weight is 291 g/mol. The Hall–Kier alpha value is -2.48. The molecule has 1 heterocycles. The zero-order valence-corrected chi connectivity index (χ0v) is 12.8. The molecule has 0 radical (unpaired) electrons. The highest BCUT2D eigenvalue weighted by Gasteiger charge is 2.12. The SMILES string of the molecule is CC(C)c1nc(-c2ccccc2)ccc1-c1ccc(F)cc1. The van der Waals surface area contributed by atoms with Gasteiger partial charge in [-0.2, -0.15) is 0 Å². The summed E-state index contributed by atoms with van der Waals surface area (Å²) in [6.07, 6.45) is 0. The molecule has 0 spiro atoms. The summed E-state index contributed by atoms with van der Waals surface area (Å²) < 4.78 is 13.1. The molecule has 0 unspecified atom stereocenters. The number of nitrogens with zero attached hydrogens (tertiary/aromatic N) is 1. The van der Waals surface area contributed by atoms with Gasteiger partial charge in [0.2, 0.25) is 0 Å². The molecule has 1 aromatic heterocycles. The molecular formula is C20H18FN. The second-order valence-corrected chi connectivity index (χ2v) is 5.66. The molecule has 1 nitrogen and oxygen atoms in total. The van der Waals surface area contributed by atoms with Crippen LogP contribution < -0.4 is 0 Å². The Bertz CT molecular complexity index is 761. The van der Waals surface area contributed by atoms with Crippen LogP contribution in [-0.4, -0.2) is 4.98 Å². The molecule has 3 rings (SSSR count). The molecule has 0 saturated carbocycles. The molecule has 110 valence electrons. The zero-order chi connectivity index (χ0) is 15.5. The topological polar surface area (TPSA) is 12.9 Å². The monoisotopic (exact) mass is 291 g/mol. The van der Waals surface area contributed by atoms with E-state index in [0.29, 0.717) is 5.92 Å². The number of aromatic nitrogens is 1. The summed E-state index contributed by atoms with van der Waals surface area (Å²) in [4.78, 5) is 4.85. The summed E-state index contributed by atoms with van der Waals surface area (Å²) in [5, 5.41) is 0. The van der Waals surface area contributed by atoms with Crippen LogP contribution in [0.25, 0.3) is 22.4 Å². The van der Waals surface area contributed by atoms with Crippen molar-refractivity contribution in [2.75, 3.05) is 0 Å². The highest BCUT2D eigenvalue weighted by atomic mass is 19.1. The number of hydrogen-bond acceptors (Lipinski definition) is 1. The minimum absolute atomic E-state index is 0.219. The van der Waals surface area contributed by atoms with Gasteiger partial charge in [-0.3, -0.25) is 4.98 Å². The molecule has 0 N–H and O–H groups in total. The van der Waals surface area contributed by atoms with Gasteiger partial charge in [-0.15, -0.1) is 0 Å². The molecule has 22 heavy (non-hydrogen) atoms. The third-order valence-corrected chi connectivity index (χ3v) is 3.70. The van der Waals surface area contributed by atoms with Gasteiger partial charge in [-0.05, 0) is 29.7 Å². The van der Waals surface area contributed by atoms with Crippen molar-refractivity contribution in [1.82, 2.24) is 4.98 Å². The van der Waals surface area contributed by atoms with Crippen LogP contribution in [0, 0.1) is 5.82 Å². The molecule has 2 aromatic carbocycles. The third kappa shape index (κ3) is 2.91. The van der Waals surface area contributed by atoms with Crippen LogP contribution >= 0.6 is 0 Å². The van der Waals surface area contributed by atoms with Gasteiger partial charge in [0.05, 0.1) is 11.4 Å². The average Bonchev–Trinajstić information content (AvgIpc) is 2.56. The van der Waals surface area contributed by atoms with Gasteiger partial charge in [-0.1, -0.05) is 62.4 Å². The van der Waals surface area contributed by atoms with Crippen LogP contribution in [0.5, 0.6) is 0 Å². The Balaban J connectivity index is 2.10. The molecule has 0 fully saturated rings. The van der Waals surface area contributed by atoms with Gasteiger partial charge in [-0.25, -0.2) is 4.39 Å². The minimum atomic E-state index is -0.219. The number of benzene rings is 2. The lowest BCUT2D eigenvalue weighted by atomic mass is 9.96. The van der Waals surface area contributed by atoms with Crippen LogP contribution in [0.2, 0.25) is 0 Å². The van der Waals surface area contributed by atoms with Gasteiger partial charge in [0.25, 0.3) is 0 Å². The fourth-order valence-corrected chi connectivity index (χ4v) is 2.56. The van der Waals surface area contributed by atoms with Crippen LogP contribution in [0.4, 0.5) is 4.39 Å². The van der Waals surface area contributed by atoms with Crippen molar-refractivity contribution in [2.24, 2.45) is 0 Å². The van der Waals surface area contributed by atoms with E-state index in [2.05, 4.69) is 32.0 Å². The van der Waals surface area contributed by atoms with Crippen molar-refractivity contribution in [1.29, 1.82) is 0 Å². The molecule has 0 aliphatic heterocycles. The van der Waals surface area contributed by atoms with Gasteiger partial charge in [0.15, 0.2) is 0 Å². The summed E-state index contributed by atoms with van der Waals surface area (Å²) >= 11 is 0. The predicted octanol–water partition coefficient (Wildman–Crippen LogP) is 5.68. The first-order chi connectivity index (χ1) is 10.6. The van der Waals surface area contributed by atoms with Gasteiger partial charge in [0.1, 0.15) is 5.82 Å². The number of halogens is 1. The zero-order valence-electron chi connectivity index (χ0n) is 12.8. The van der Waals surface area contributed by atoms with E-state index in [9.17, 15) is 4.39 Å². The lowest BCUT2D eigenvalue weighted by molar-refractivity contribution is 0.628. The second-order valence-electron chi connectivity index (χ2n) is 5.66. The number of hydrogen-bond donors (Lipinski definition) is 0. The van der Waals surface area contributed by atoms with E-state index in [1.807, 2.05) is 24.3 Å². The van der Waals surface area contributed by atoms with Crippen molar-refractivity contribution in [3.05, 3.63) is 78.2 Å². The van der Waals surface area contributed by atoms with E-state index in [4.69, 9.17) is 4.98 Å². The summed E-state index contributed by atoms with van der Waals surface area (Å²) in [5.74, 6) is 0.0763. The Morgan fingerprint density at radius 2 is 1.45 bits per heavy atom. The van der Waals surface area contributed by atoms with Crippen molar-refractivity contribution in [3.8, 4) is 22.4 Å². The molecule has 0 aliphatic carbocycles. The summed E-state index contributed by atoms with van der Waals surface area (Å²) in [6, 6.07) is 20.8. The Morgan fingerprint density at radius 3 is 2.09 bits per heavy atom. The van der Waals surface area contributed by atoms with Gasteiger partial charge in [0, 0.05) is 11.1 Å². The second kappa shape index (κ2) is 6.10. The molecule has 2 heteroatoms. The van der Waals surface area contributed by atoms with Crippen molar-refractivity contribution >= 4 is 0 Å². The van der Waals surface area contributed by atoms with E-state index < -0.39 is 0 Å².